The lowest BCUT2D eigenvalue weighted by Gasteiger charge is -2.14. The normalized spacial score (nSPS) is 11.9. The van der Waals surface area contributed by atoms with E-state index in [1.54, 1.807) is 42.6 Å². The Bertz CT molecular complexity index is 1450. The van der Waals surface area contributed by atoms with Gasteiger partial charge in [-0.2, -0.15) is 0 Å². The van der Waals surface area contributed by atoms with Gasteiger partial charge in [-0.1, -0.05) is 42.8 Å². The van der Waals surface area contributed by atoms with Crippen molar-refractivity contribution >= 4 is 46.5 Å². The van der Waals surface area contributed by atoms with Gasteiger partial charge in [0.15, 0.2) is 0 Å². The molecule has 0 aliphatic carbocycles. The summed E-state index contributed by atoms with van der Waals surface area (Å²) in [7, 11) is 0. The number of halogens is 3. The Morgan fingerprint density at radius 1 is 1.03 bits per heavy atom. The summed E-state index contributed by atoms with van der Waals surface area (Å²) in [5.74, 6) is -1.18. The van der Waals surface area contributed by atoms with Gasteiger partial charge in [-0.25, -0.2) is 19.2 Å². The van der Waals surface area contributed by atoms with Crippen molar-refractivity contribution in [2.75, 3.05) is 5.32 Å². The van der Waals surface area contributed by atoms with Gasteiger partial charge in [0.2, 0.25) is 5.95 Å². The Hall–Kier alpha value is -3.81. The van der Waals surface area contributed by atoms with Gasteiger partial charge in [-0.15, -0.1) is 0 Å². The van der Waals surface area contributed by atoms with E-state index in [1.807, 2.05) is 6.07 Å². The summed E-state index contributed by atoms with van der Waals surface area (Å²) in [6.07, 6.45) is 1.66. The molecule has 0 unspecified atom stereocenters. The lowest BCUT2D eigenvalue weighted by Crippen LogP contribution is -2.08. The summed E-state index contributed by atoms with van der Waals surface area (Å²) in [6.45, 7) is 0.217. The summed E-state index contributed by atoms with van der Waals surface area (Å²) in [6, 6.07) is 16.0. The van der Waals surface area contributed by atoms with Gasteiger partial charge < -0.3 is 10.4 Å². The first-order chi connectivity index (χ1) is 16.4. The molecule has 0 fully saturated rings. The molecule has 1 aliphatic heterocycles. The molecule has 0 saturated heterocycles. The Morgan fingerprint density at radius 3 is 2.51 bits per heavy atom. The minimum absolute atomic E-state index is 0. The highest BCUT2D eigenvalue weighted by Crippen LogP contribution is 2.35. The molecule has 35 heavy (non-hydrogen) atoms. The minimum atomic E-state index is -1.01. The Kier molecular flexibility index (Phi) is 6.82. The van der Waals surface area contributed by atoms with Crippen LogP contribution in [0.2, 0.25) is 10.0 Å². The Balaban J connectivity index is 0.00000289. The summed E-state index contributed by atoms with van der Waals surface area (Å²) in [5, 5.41) is 12.9. The predicted molar refractivity (Wildman–Crippen MR) is 137 cm³/mol. The molecule has 0 saturated carbocycles. The molecule has 2 heterocycles. The fourth-order valence-electron chi connectivity index (χ4n) is 3.75. The first-order valence-electron chi connectivity index (χ1n) is 10.2. The van der Waals surface area contributed by atoms with E-state index in [9.17, 15) is 9.18 Å². The molecule has 1 aliphatic rings. The number of fused-ring (bicyclic) bond motifs is 3. The van der Waals surface area contributed by atoms with Gasteiger partial charge >= 0.3 is 5.97 Å². The van der Waals surface area contributed by atoms with Crippen LogP contribution in [-0.2, 0) is 6.54 Å². The maximum absolute atomic E-state index is 14.8. The maximum Gasteiger partial charge on any atom is 0.335 e. The molecule has 3 aromatic carbocycles. The third-order valence-electron chi connectivity index (χ3n) is 5.35. The number of rotatable bonds is 4. The van der Waals surface area contributed by atoms with Crippen molar-refractivity contribution in [1.29, 1.82) is 0 Å². The van der Waals surface area contributed by atoms with E-state index in [2.05, 4.69) is 20.3 Å². The summed E-state index contributed by atoms with van der Waals surface area (Å²) < 4.78 is 14.8. The SMILES string of the molecule is C.O=C(O)c1ccc(Nc2ncc3c(n2)-c2ccc(Cl)cc2C(c2c(F)cccc2Cl)=NC3)cc1. The fraction of sp³-hybridized carbons (Fsp3) is 0.0769. The van der Waals surface area contributed by atoms with Crippen molar-refractivity contribution in [3.05, 3.63) is 105 Å². The number of anilines is 2. The number of nitrogens with zero attached hydrogens (tertiary/aromatic N) is 3. The molecule has 0 atom stereocenters. The molecule has 0 spiro atoms. The van der Waals surface area contributed by atoms with Crippen LogP contribution in [-0.4, -0.2) is 26.8 Å². The Labute approximate surface area is 211 Å². The van der Waals surface area contributed by atoms with E-state index in [0.29, 0.717) is 39.2 Å². The van der Waals surface area contributed by atoms with E-state index in [4.69, 9.17) is 28.3 Å². The summed E-state index contributed by atoms with van der Waals surface area (Å²) >= 11 is 12.6. The van der Waals surface area contributed by atoms with E-state index >= 15 is 0 Å². The number of hydrogen-bond acceptors (Lipinski definition) is 5. The van der Waals surface area contributed by atoms with E-state index in [-0.39, 0.29) is 30.1 Å². The van der Waals surface area contributed by atoms with Gasteiger partial charge in [0.1, 0.15) is 5.82 Å². The molecule has 176 valence electrons. The molecule has 9 heteroatoms. The first kappa shape index (κ1) is 24.3. The number of hydrogen-bond donors (Lipinski definition) is 2. The van der Waals surface area contributed by atoms with E-state index in [1.165, 1.54) is 18.2 Å². The second-order valence-corrected chi connectivity index (χ2v) is 8.37. The van der Waals surface area contributed by atoms with Crippen LogP contribution in [0.3, 0.4) is 0 Å². The van der Waals surface area contributed by atoms with Crippen molar-refractivity contribution in [3.63, 3.8) is 0 Å². The van der Waals surface area contributed by atoms with Crippen molar-refractivity contribution < 1.29 is 14.3 Å². The Morgan fingerprint density at radius 2 is 1.80 bits per heavy atom. The number of aromatic carboxylic acids is 1. The van der Waals surface area contributed by atoms with Crippen LogP contribution in [0.15, 0.2) is 71.9 Å². The molecule has 0 radical (unpaired) electrons. The maximum atomic E-state index is 14.8. The van der Waals surface area contributed by atoms with Gasteiger partial charge in [-0.05, 0) is 48.5 Å². The molecule has 0 bridgehead atoms. The van der Waals surface area contributed by atoms with Gasteiger partial charge in [-0.3, -0.25) is 4.99 Å². The molecule has 5 rings (SSSR count). The molecular weight excluding hydrogens is 490 g/mol. The average Bonchev–Trinajstić information content (AvgIpc) is 2.96. The largest absolute Gasteiger partial charge is 0.478 e. The zero-order valence-electron chi connectivity index (χ0n) is 17.4. The molecule has 2 N–H and O–H groups in total. The zero-order valence-corrected chi connectivity index (χ0v) is 18.9. The minimum Gasteiger partial charge on any atom is -0.478 e. The highest BCUT2D eigenvalue weighted by Gasteiger charge is 2.24. The van der Waals surface area contributed by atoms with Crippen molar-refractivity contribution in [2.45, 2.75) is 14.0 Å². The van der Waals surface area contributed by atoms with Crippen molar-refractivity contribution in [3.8, 4) is 11.3 Å². The standard InChI is InChI=1S/C25H15Cl2FN4O2.CH4/c26-15-6-9-17-18(10-15)23(21-19(27)2-1-3-20(21)28)29-11-14-12-30-25(32-22(14)17)31-16-7-4-13(5-8-16)24(33)34;/h1-10,12H,11H2,(H,33,34)(H,30,31,32);1H4. The number of aromatic nitrogens is 2. The molecule has 1 aromatic heterocycles. The van der Waals surface area contributed by atoms with Crippen LogP contribution in [0, 0.1) is 5.82 Å². The van der Waals surface area contributed by atoms with Gasteiger partial charge in [0.05, 0.1) is 34.1 Å². The number of benzene rings is 3. The topological polar surface area (TPSA) is 87.5 Å². The van der Waals surface area contributed by atoms with Gasteiger partial charge in [0.25, 0.3) is 0 Å². The second-order valence-electron chi connectivity index (χ2n) is 7.53. The van der Waals surface area contributed by atoms with Crippen LogP contribution in [0.4, 0.5) is 16.0 Å². The lowest BCUT2D eigenvalue weighted by atomic mass is 9.95. The molecular formula is C26H19Cl2FN4O2. The number of aliphatic imine (C=N–C) groups is 1. The molecule has 4 aromatic rings. The van der Waals surface area contributed by atoms with E-state index in [0.717, 1.165) is 5.56 Å². The number of nitrogens with one attached hydrogen (secondary N) is 1. The lowest BCUT2D eigenvalue weighted by molar-refractivity contribution is 0.0697. The van der Waals surface area contributed by atoms with Crippen molar-refractivity contribution in [1.82, 2.24) is 9.97 Å². The van der Waals surface area contributed by atoms with Gasteiger partial charge in [0, 0.05) is 33.6 Å². The average molecular weight is 509 g/mol. The van der Waals surface area contributed by atoms with E-state index < -0.39 is 11.8 Å². The quantitative estimate of drug-likeness (QED) is 0.309. The second kappa shape index (κ2) is 9.82. The smallest absolute Gasteiger partial charge is 0.335 e. The molecule has 6 nitrogen and oxygen atoms in total. The highest BCUT2D eigenvalue weighted by atomic mass is 35.5. The van der Waals surface area contributed by atoms with Crippen LogP contribution in [0.25, 0.3) is 11.3 Å². The third kappa shape index (κ3) is 4.73. The highest BCUT2D eigenvalue weighted by molar-refractivity contribution is 6.36. The van der Waals surface area contributed by atoms with Crippen LogP contribution in [0.1, 0.15) is 34.5 Å². The number of carboxylic acids is 1. The molecule has 0 amide bonds. The monoisotopic (exact) mass is 508 g/mol. The third-order valence-corrected chi connectivity index (χ3v) is 5.90. The summed E-state index contributed by atoms with van der Waals surface area (Å²) in [4.78, 5) is 24.8. The van der Waals surface area contributed by atoms with Crippen LogP contribution in [0.5, 0.6) is 0 Å². The zero-order chi connectivity index (χ0) is 23.8. The predicted octanol–water partition coefficient (Wildman–Crippen LogP) is 7.02. The van der Waals surface area contributed by atoms with Crippen LogP contribution < -0.4 is 5.32 Å². The fourth-order valence-corrected chi connectivity index (χ4v) is 4.17. The van der Waals surface area contributed by atoms with Crippen LogP contribution >= 0.6 is 23.2 Å². The first-order valence-corrected chi connectivity index (χ1v) is 10.9. The summed E-state index contributed by atoms with van der Waals surface area (Å²) in [5.41, 5.74) is 4.08. The number of carbonyl (C=O) groups is 1. The number of carboxylic acid groups (broad SMARTS) is 1. The van der Waals surface area contributed by atoms with Crippen molar-refractivity contribution in [2.24, 2.45) is 4.99 Å².